The monoisotopic (exact) mass is 387 g/mol. The first-order valence-electron chi connectivity index (χ1n) is 9.22. The third-order valence-corrected chi connectivity index (χ3v) is 4.67. The number of likely N-dealkylation sites (tertiary alicyclic amines) is 1. The fourth-order valence-corrected chi connectivity index (χ4v) is 3.30. The lowest BCUT2D eigenvalue weighted by Crippen LogP contribution is -2.18. The number of methoxy groups -OCH3 is 1. The molecule has 148 valence electrons. The van der Waals surface area contributed by atoms with E-state index in [4.69, 9.17) is 4.74 Å². The van der Waals surface area contributed by atoms with Gasteiger partial charge in [0.15, 0.2) is 5.78 Å². The van der Waals surface area contributed by atoms with Gasteiger partial charge in [-0.1, -0.05) is 24.3 Å². The lowest BCUT2D eigenvalue weighted by molar-refractivity contribution is -0.0498. The van der Waals surface area contributed by atoms with E-state index in [0.29, 0.717) is 5.56 Å². The van der Waals surface area contributed by atoms with E-state index in [9.17, 15) is 13.6 Å². The molecule has 0 aromatic heterocycles. The second-order valence-corrected chi connectivity index (χ2v) is 6.66. The molecule has 0 saturated carbocycles. The Morgan fingerprint density at radius 3 is 2.68 bits per heavy atom. The second-order valence-electron chi connectivity index (χ2n) is 6.66. The number of allylic oxidation sites excluding steroid dienone is 1. The summed E-state index contributed by atoms with van der Waals surface area (Å²) in [6.07, 6.45) is 5.58. The Hall–Kier alpha value is -2.73. The van der Waals surface area contributed by atoms with Crippen molar-refractivity contribution in [2.45, 2.75) is 26.0 Å². The zero-order chi connectivity index (χ0) is 19.9. The fourth-order valence-electron chi connectivity index (χ4n) is 3.30. The first-order chi connectivity index (χ1) is 13.5. The van der Waals surface area contributed by atoms with Gasteiger partial charge in [-0.15, -0.1) is 0 Å². The lowest BCUT2D eigenvalue weighted by Gasteiger charge is -2.17. The Kier molecular flexibility index (Phi) is 6.76. The number of ketones is 1. The first-order valence-corrected chi connectivity index (χ1v) is 9.22. The average molecular weight is 387 g/mol. The molecule has 0 spiro atoms. The minimum absolute atomic E-state index is 0.0356. The maximum absolute atomic E-state index is 12.4. The Balaban J connectivity index is 1.73. The van der Waals surface area contributed by atoms with Gasteiger partial charge < -0.3 is 9.47 Å². The van der Waals surface area contributed by atoms with Crippen molar-refractivity contribution in [1.82, 2.24) is 4.90 Å². The van der Waals surface area contributed by atoms with Crippen molar-refractivity contribution < 1.29 is 23.0 Å². The van der Waals surface area contributed by atoms with Crippen LogP contribution in [0.25, 0.3) is 6.08 Å². The number of carbonyl (C=O) groups excluding carboxylic acids is 1. The maximum Gasteiger partial charge on any atom is 0.387 e. The Morgan fingerprint density at radius 2 is 1.96 bits per heavy atom. The molecule has 1 aliphatic heterocycles. The molecule has 0 bridgehead atoms. The van der Waals surface area contributed by atoms with Crippen molar-refractivity contribution in [2.75, 3.05) is 20.2 Å². The molecule has 0 unspecified atom stereocenters. The quantitative estimate of drug-likeness (QED) is 0.482. The summed E-state index contributed by atoms with van der Waals surface area (Å²) in [4.78, 5) is 14.8. The van der Waals surface area contributed by atoms with E-state index < -0.39 is 6.61 Å². The lowest BCUT2D eigenvalue weighted by atomic mass is 10.1. The summed E-state index contributed by atoms with van der Waals surface area (Å²) >= 11 is 0. The highest BCUT2D eigenvalue weighted by Gasteiger charge is 2.14. The highest BCUT2D eigenvalue weighted by atomic mass is 19.3. The summed E-state index contributed by atoms with van der Waals surface area (Å²) < 4.78 is 34.5. The van der Waals surface area contributed by atoms with Crippen LogP contribution in [0.5, 0.6) is 11.5 Å². The number of carbonyl (C=O) groups is 1. The Bertz CT molecular complexity index is 845. The summed E-state index contributed by atoms with van der Waals surface area (Å²) in [7, 11) is 1.65. The highest BCUT2D eigenvalue weighted by Crippen LogP contribution is 2.24. The van der Waals surface area contributed by atoms with Crippen LogP contribution in [-0.4, -0.2) is 37.5 Å². The van der Waals surface area contributed by atoms with Crippen molar-refractivity contribution >= 4 is 11.9 Å². The SMILES string of the molecule is COc1ccc(/C=C/C(=O)c2cccc(OC(F)F)c2)cc1CN1CCCC1. The van der Waals surface area contributed by atoms with Crippen LogP contribution in [0, 0.1) is 0 Å². The van der Waals surface area contributed by atoms with E-state index in [1.807, 2.05) is 18.2 Å². The molecule has 28 heavy (non-hydrogen) atoms. The summed E-state index contributed by atoms with van der Waals surface area (Å²) in [6, 6.07) is 11.6. The molecular formula is C22H23F2NO3. The van der Waals surface area contributed by atoms with Crippen LogP contribution in [-0.2, 0) is 6.54 Å². The molecule has 1 saturated heterocycles. The van der Waals surface area contributed by atoms with Crippen LogP contribution < -0.4 is 9.47 Å². The summed E-state index contributed by atoms with van der Waals surface area (Å²) in [6.45, 7) is 0.0535. The van der Waals surface area contributed by atoms with Crippen molar-refractivity contribution in [1.29, 1.82) is 0 Å². The van der Waals surface area contributed by atoms with Gasteiger partial charge in [0.05, 0.1) is 7.11 Å². The van der Waals surface area contributed by atoms with E-state index in [2.05, 4.69) is 9.64 Å². The number of ether oxygens (including phenoxy) is 2. The first kappa shape index (κ1) is 20.0. The van der Waals surface area contributed by atoms with Crippen LogP contribution in [0.15, 0.2) is 48.5 Å². The number of hydrogen-bond donors (Lipinski definition) is 0. The van der Waals surface area contributed by atoms with Crippen LogP contribution >= 0.6 is 0 Å². The largest absolute Gasteiger partial charge is 0.496 e. The van der Waals surface area contributed by atoms with E-state index >= 15 is 0 Å². The Labute approximate surface area is 163 Å². The topological polar surface area (TPSA) is 38.8 Å². The number of rotatable bonds is 8. The molecule has 0 N–H and O–H groups in total. The molecule has 2 aromatic carbocycles. The van der Waals surface area contributed by atoms with Crippen molar-refractivity contribution in [3.8, 4) is 11.5 Å². The van der Waals surface area contributed by atoms with Crippen molar-refractivity contribution in [2.24, 2.45) is 0 Å². The van der Waals surface area contributed by atoms with Gasteiger partial charge in [-0.3, -0.25) is 9.69 Å². The van der Waals surface area contributed by atoms with Gasteiger partial charge in [0, 0.05) is 17.7 Å². The van der Waals surface area contributed by atoms with E-state index in [-0.39, 0.29) is 11.5 Å². The van der Waals surface area contributed by atoms with Crippen molar-refractivity contribution in [3.63, 3.8) is 0 Å². The molecule has 6 heteroatoms. The van der Waals surface area contributed by atoms with E-state index in [1.165, 1.54) is 37.1 Å². The molecule has 0 radical (unpaired) electrons. The predicted octanol–water partition coefficient (Wildman–Crippen LogP) is 4.79. The number of halogens is 2. The normalized spacial score (nSPS) is 14.7. The average Bonchev–Trinajstić information content (AvgIpc) is 3.19. The van der Waals surface area contributed by atoms with Crippen LogP contribution in [0.1, 0.15) is 34.3 Å². The summed E-state index contributed by atoms with van der Waals surface area (Å²) in [5.41, 5.74) is 2.25. The van der Waals surface area contributed by atoms with Gasteiger partial charge in [-0.05, 0) is 61.8 Å². The van der Waals surface area contributed by atoms with Crippen LogP contribution in [0.3, 0.4) is 0 Å². The molecule has 0 amide bonds. The maximum atomic E-state index is 12.4. The molecule has 4 nitrogen and oxygen atoms in total. The fraction of sp³-hybridized carbons (Fsp3) is 0.318. The van der Waals surface area contributed by atoms with E-state index in [1.54, 1.807) is 19.3 Å². The third-order valence-electron chi connectivity index (χ3n) is 4.67. The number of benzene rings is 2. The molecule has 0 aliphatic carbocycles. The predicted molar refractivity (Wildman–Crippen MR) is 104 cm³/mol. The highest BCUT2D eigenvalue weighted by molar-refractivity contribution is 6.07. The van der Waals surface area contributed by atoms with Gasteiger partial charge >= 0.3 is 6.61 Å². The second kappa shape index (κ2) is 9.46. The van der Waals surface area contributed by atoms with Gasteiger partial charge in [0.25, 0.3) is 0 Å². The number of hydrogen-bond acceptors (Lipinski definition) is 4. The number of nitrogens with zero attached hydrogens (tertiary/aromatic N) is 1. The van der Waals surface area contributed by atoms with Gasteiger partial charge in [-0.25, -0.2) is 0 Å². The molecule has 0 atom stereocenters. The molecule has 1 heterocycles. The minimum atomic E-state index is -2.92. The van der Waals surface area contributed by atoms with Gasteiger partial charge in [-0.2, -0.15) is 8.78 Å². The molecule has 2 aromatic rings. The summed E-state index contributed by atoms with van der Waals surface area (Å²) in [5, 5.41) is 0. The zero-order valence-corrected chi connectivity index (χ0v) is 15.7. The smallest absolute Gasteiger partial charge is 0.387 e. The van der Waals surface area contributed by atoms with Gasteiger partial charge in [0.2, 0.25) is 0 Å². The van der Waals surface area contributed by atoms with E-state index in [0.717, 1.165) is 36.5 Å². The molecular weight excluding hydrogens is 364 g/mol. The minimum Gasteiger partial charge on any atom is -0.496 e. The molecule has 1 aliphatic rings. The number of alkyl halides is 2. The van der Waals surface area contributed by atoms with Gasteiger partial charge in [0.1, 0.15) is 11.5 Å². The van der Waals surface area contributed by atoms with Crippen LogP contribution in [0.4, 0.5) is 8.78 Å². The van der Waals surface area contributed by atoms with Crippen LogP contribution in [0.2, 0.25) is 0 Å². The molecule has 3 rings (SSSR count). The van der Waals surface area contributed by atoms with Crippen molar-refractivity contribution in [3.05, 3.63) is 65.2 Å². The standard InChI is InChI=1S/C22H23F2NO3/c1-27-21-10-8-16(13-18(21)15-25-11-2-3-12-25)7-9-20(26)17-5-4-6-19(14-17)28-22(23)24/h4-10,13-14,22H,2-3,11-12,15H2,1H3/b9-7+. The third kappa shape index (κ3) is 5.39. The molecule has 1 fully saturated rings. The Morgan fingerprint density at radius 1 is 1.18 bits per heavy atom. The zero-order valence-electron chi connectivity index (χ0n) is 15.7. The summed E-state index contributed by atoms with van der Waals surface area (Å²) in [5.74, 6) is 0.510.